The average molecular weight is 1220 g/mol. The number of pyridine rings is 1. The monoisotopic (exact) mass is 1220 g/mol. The Hall–Kier alpha value is -10.4. The molecule has 0 N–H and O–H groups in total. The number of nitrogens with zero attached hydrogens (tertiary/aromatic N) is 25. The maximum absolute atomic E-state index is 13.3. The molecular weight excluding hydrogens is 1180 g/mol. The molecule has 0 aliphatic carbocycles. The summed E-state index contributed by atoms with van der Waals surface area (Å²) in [7, 11) is 0. The van der Waals surface area contributed by atoms with Gasteiger partial charge in [-0.25, -0.2) is 70.0 Å². The van der Waals surface area contributed by atoms with Gasteiger partial charge in [-0.3, -0.25) is 4.98 Å². The first-order valence-corrected chi connectivity index (χ1v) is 23.8. The van der Waals surface area contributed by atoms with Crippen LogP contribution in [-0.4, -0.2) is 141 Å². The zero-order chi connectivity index (χ0) is 52.3. The SMILES string of the molecule is Fc1ccc(-c2ccccn2)c(F)c1.[Ir+3].c1cnn([B-](n2cccn2)(n2cccn2)n2cccn2)c1.c1cnn([B-](n2cccn2)(n2cccn2)n2cccn2)c1.c1cnn([B-](n2cccn2)(n2cccn2)n2cccn2)c1. The van der Waals surface area contributed by atoms with Crippen LogP contribution in [0.1, 0.15) is 0 Å². The van der Waals surface area contributed by atoms with Gasteiger partial charge in [-0.1, -0.05) is 6.07 Å². The molecule has 78 heavy (non-hydrogen) atoms. The van der Waals surface area contributed by atoms with Gasteiger partial charge in [-0.05, 0) is 171 Å². The molecule has 0 aliphatic heterocycles. The Bertz CT molecular complexity index is 3060. The van der Waals surface area contributed by atoms with Gasteiger partial charge in [-0.2, -0.15) is 0 Å². The molecule has 1 aromatic carbocycles. The Labute approximate surface area is 455 Å². The van der Waals surface area contributed by atoms with E-state index in [-0.39, 0.29) is 20.1 Å². The van der Waals surface area contributed by atoms with E-state index in [1.165, 1.54) is 12.1 Å². The topological polar surface area (TPSA) is 227 Å². The van der Waals surface area contributed by atoms with Crippen molar-refractivity contribution in [2.75, 3.05) is 0 Å². The van der Waals surface area contributed by atoms with E-state index >= 15 is 0 Å². The molecule has 0 saturated heterocycles. The van der Waals surface area contributed by atoms with Gasteiger partial charge >= 0.3 is 40.2 Å². The van der Waals surface area contributed by atoms with Crippen molar-refractivity contribution < 1.29 is 28.9 Å². The van der Waals surface area contributed by atoms with E-state index in [1.54, 1.807) is 98.8 Å². The molecule has 0 atom stereocenters. The molecule has 14 rings (SSSR count). The van der Waals surface area contributed by atoms with Crippen LogP contribution in [0.15, 0.2) is 264 Å². The van der Waals surface area contributed by atoms with Crippen LogP contribution in [0.2, 0.25) is 0 Å². The molecule has 0 saturated carbocycles. The van der Waals surface area contributed by atoms with Gasteiger partial charge in [0.15, 0.2) is 0 Å². The van der Waals surface area contributed by atoms with Crippen molar-refractivity contribution in [1.82, 2.24) is 121 Å². The third-order valence-electron chi connectivity index (χ3n) is 12.4. The van der Waals surface area contributed by atoms with Gasteiger partial charge in [0.2, 0.25) is 0 Å². The van der Waals surface area contributed by atoms with Gasteiger partial charge in [0.1, 0.15) is 11.6 Å². The van der Waals surface area contributed by atoms with Gasteiger partial charge in [0.05, 0.1) is 5.69 Å². The van der Waals surface area contributed by atoms with Crippen LogP contribution in [0.25, 0.3) is 11.3 Å². The third-order valence-corrected chi connectivity index (χ3v) is 12.4. The van der Waals surface area contributed by atoms with E-state index in [1.807, 2.05) is 202 Å². The van der Waals surface area contributed by atoms with Crippen LogP contribution in [0, 0.1) is 11.6 Å². The van der Waals surface area contributed by atoms with E-state index in [4.69, 9.17) is 0 Å². The summed E-state index contributed by atoms with van der Waals surface area (Å²) in [6.45, 7) is -5.50. The minimum atomic E-state index is -1.83. The molecule has 0 bridgehead atoms. The molecule has 31 heteroatoms. The number of hydrogen-bond donors (Lipinski definition) is 0. The van der Waals surface area contributed by atoms with E-state index in [2.05, 4.69) is 66.2 Å². The smallest absolute Gasteiger partial charge is 0.379 e. The summed E-state index contributed by atoms with van der Waals surface area (Å²) in [5.74, 6) is -1.18. The predicted molar refractivity (Wildman–Crippen MR) is 278 cm³/mol. The molecule has 14 aromatic rings. The summed E-state index contributed by atoms with van der Waals surface area (Å²) in [5.41, 5.74) is 0.817. The Morgan fingerprint density at radius 1 is 0.269 bits per heavy atom. The average Bonchev–Trinajstić information content (AvgIpc) is 4.49. The van der Waals surface area contributed by atoms with Crippen molar-refractivity contribution in [1.29, 1.82) is 0 Å². The van der Waals surface area contributed by atoms with Crippen LogP contribution in [0.3, 0.4) is 0 Å². The molecule has 388 valence electrons. The summed E-state index contributed by atoms with van der Waals surface area (Å²) in [5, 5.41) is 53.0. The largest absolute Gasteiger partial charge is 3.00 e. The maximum Gasteiger partial charge on any atom is 3.00 e. The number of aromatic nitrogens is 25. The molecule has 0 radical (unpaired) electrons. The van der Waals surface area contributed by atoms with Crippen LogP contribution in [-0.2, 0) is 20.1 Å². The summed E-state index contributed by atoms with van der Waals surface area (Å²) in [6, 6.07) is 31.0. The molecule has 0 unspecified atom stereocenters. The van der Waals surface area contributed by atoms with Crippen LogP contribution in [0.4, 0.5) is 8.78 Å². The molecule has 13 heterocycles. The maximum atomic E-state index is 13.3. The second-order valence-corrected chi connectivity index (χ2v) is 16.8. The van der Waals surface area contributed by atoms with Crippen LogP contribution >= 0.6 is 0 Å². The van der Waals surface area contributed by atoms with Crippen molar-refractivity contribution in [2.45, 2.75) is 0 Å². The van der Waals surface area contributed by atoms with Gasteiger partial charge < -0.3 is 55.1 Å². The summed E-state index contributed by atoms with van der Waals surface area (Å²) >= 11 is 0. The molecular formula is C47H43B3F2IrN25. The minimum Gasteiger partial charge on any atom is -0.379 e. The first-order chi connectivity index (χ1) is 38.0. The van der Waals surface area contributed by atoms with Crippen molar-refractivity contribution in [2.24, 2.45) is 0 Å². The van der Waals surface area contributed by atoms with Crippen LogP contribution < -0.4 is 0 Å². The number of hydrogen-bond acceptors (Lipinski definition) is 13. The molecule has 25 nitrogen and oxygen atoms in total. The standard InChI is InChI=1S/3C12H12BN8.C11H7F2N.Ir/c3*1-5-14-18(9-1)13(19-10-2-6-15-19,20-11-3-7-16-20)21-12-4-8-17-21;12-8-4-5-9(10(13)7-8)11-3-1-2-6-14-11;/h3*1-12H;1-7H;/q3*-1;;+3. The summed E-state index contributed by atoms with van der Waals surface area (Å²) < 4.78 is 47.6. The van der Waals surface area contributed by atoms with Crippen molar-refractivity contribution in [3.05, 3.63) is 276 Å². The number of rotatable bonds is 13. The first kappa shape index (κ1) is 51.1. The minimum absolute atomic E-state index is 0. The Balaban J connectivity index is 0.000000118. The second-order valence-electron chi connectivity index (χ2n) is 16.8. The van der Waals surface area contributed by atoms with E-state index in [0.717, 1.165) is 6.07 Å². The fourth-order valence-corrected chi connectivity index (χ4v) is 9.23. The van der Waals surface area contributed by atoms with Crippen LogP contribution in [0.5, 0.6) is 0 Å². The second kappa shape index (κ2) is 23.0. The van der Waals surface area contributed by atoms with Crippen molar-refractivity contribution in [3.8, 4) is 11.3 Å². The Morgan fingerprint density at radius 2 is 0.500 bits per heavy atom. The third kappa shape index (κ3) is 9.40. The zero-order valence-electron chi connectivity index (χ0n) is 40.8. The van der Waals surface area contributed by atoms with Gasteiger partial charge in [0, 0.05) is 92.2 Å². The van der Waals surface area contributed by atoms with E-state index in [0.29, 0.717) is 11.3 Å². The van der Waals surface area contributed by atoms with Gasteiger partial charge in [0.25, 0.3) is 0 Å². The Kier molecular flexibility index (Phi) is 15.1. The number of benzene rings is 1. The van der Waals surface area contributed by atoms with Crippen molar-refractivity contribution >= 4 is 20.1 Å². The fourth-order valence-electron chi connectivity index (χ4n) is 9.23. The van der Waals surface area contributed by atoms with Gasteiger partial charge in [-0.15, -0.1) is 0 Å². The molecule has 0 aliphatic rings. The molecule has 0 amide bonds. The first-order valence-electron chi connectivity index (χ1n) is 23.8. The quantitative estimate of drug-likeness (QED) is 0.148. The summed E-state index contributed by atoms with van der Waals surface area (Å²) in [6.07, 6.45) is 44.9. The zero-order valence-corrected chi connectivity index (χ0v) is 43.2. The van der Waals surface area contributed by atoms with E-state index < -0.39 is 31.7 Å². The fraction of sp³-hybridized carbons (Fsp3) is 0. The summed E-state index contributed by atoms with van der Waals surface area (Å²) in [4.78, 5) is 3.98. The molecule has 13 aromatic heterocycles. The van der Waals surface area contributed by atoms with Crippen molar-refractivity contribution in [3.63, 3.8) is 0 Å². The normalized spacial score (nSPS) is 11.4. The predicted octanol–water partition coefficient (Wildman–Crippen LogP) is 4.23. The molecule has 0 fully saturated rings. The Morgan fingerprint density at radius 3 is 0.667 bits per heavy atom. The molecule has 0 spiro atoms. The van der Waals surface area contributed by atoms with E-state index in [9.17, 15) is 8.78 Å². The number of halogens is 2.